The largest absolute Gasteiger partial charge is 0.504 e. The average molecular weight is 384 g/mol. The zero-order valence-corrected chi connectivity index (χ0v) is 15.9. The molecule has 3 unspecified atom stereocenters. The molecule has 0 radical (unpaired) electrons. The molecule has 138 valence electrons. The fourth-order valence-corrected chi connectivity index (χ4v) is 6.63. The van der Waals surface area contributed by atoms with E-state index < -0.39 is 16.0 Å². The number of rotatable bonds is 2. The van der Waals surface area contributed by atoms with Crippen LogP contribution in [0.1, 0.15) is 40.5 Å². The topological polar surface area (TPSA) is 49.3 Å². The van der Waals surface area contributed by atoms with Gasteiger partial charge in [-0.05, 0) is 30.3 Å². The van der Waals surface area contributed by atoms with Gasteiger partial charge in [0.05, 0.1) is 9.83 Å². The van der Waals surface area contributed by atoms with Crippen molar-refractivity contribution in [2.24, 2.45) is 11.8 Å². The molecule has 3 nitrogen and oxygen atoms in total. The molecule has 1 aliphatic heterocycles. The number of thioether (sulfide) groups is 2. The summed E-state index contributed by atoms with van der Waals surface area (Å²) in [6, 6.07) is 1.25. The van der Waals surface area contributed by atoms with Crippen LogP contribution in [0.3, 0.4) is 0 Å². The summed E-state index contributed by atoms with van der Waals surface area (Å²) in [7, 11) is 0. The Kier molecular flexibility index (Phi) is 5.92. The summed E-state index contributed by atoms with van der Waals surface area (Å²) in [5, 5.41) is 12.6. The molecular formula is C16H24F3NO2S2. The molecule has 0 aromatic rings. The number of carbonyl (C=O) groups excluding carboxylic acids is 1. The van der Waals surface area contributed by atoms with Gasteiger partial charge in [0.2, 0.25) is 0 Å². The van der Waals surface area contributed by atoms with Crippen LogP contribution >= 0.6 is 23.5 Å². The van der Waals surface area contributed by atoms with Crippen molar-refractivity contribution < 1.29 is 23.1 Å². The summed E-state index contributed by atoms with van der Waals surface area (Å²) in [5.74, 6) is -1.10. The fraction of sp³-hybridized carbons (Fsp3) is 0.812. The lowest BCUT2D eigenvalue weighted by molar-refractivity contribution is -0.122. The number of fused-ring (bicyclic) bond motifs is 2. The molecule has 2 N–H and O–H groups in total. The standard InChI is InChI=1S/C10H9F3O2S2.C6H15N/c11-10(12,13)8(15)5-2-9(6-1-4(5)6)16-3-7(14)17-9;1-5(2)7-6(3)4/h4,6,15H,1-3H2;5-7H,1-4H3/b8-5-;. The number of allylic oxidation sites excluding steroid dienone is 2. The second kappa shape index (κ2) is 7.11. The highest BCUT2D eigenvalue weighted by atomic mass is 32.2. The number of aliphatic hydroxyl groups is 1. The first-order valence-corrected chi connectivity index (χ1v) is 9.87. The van der Waals surface area contributed by atoms with E-state index in [1.807, 2.05) is 0 Å². The number of alkyl halides is 3. The van der Waals surface area contributed by atoms with Crippen molar-refractivity contribution >= 4 is 28.6 Å². The molecule has 3 aliphatic rings. The van der Waals surface area contributed by atoms with Crippen molar-refractivity contribution in [1.29, 1.82) is 0 Å². The monoisotopic (exact) mass is 383 g/mol. The maximum absolute atomic E-state index is 12.5. The molecule has 1 saturated heterocycles. The van der Waals surface area contributed by atoms with Gasteiger partial charge in [-0.2, -0.15) is 13.2 Å². The molecule has 3 rings (SSSR count). The molecule has 3 fully saturated rings. The van der Waals surface area contributed by atoms with Crippen molar-refractivity contribution in [3.8, 4) is 0 Å². The maximum Gasteiger partial charge on any atom is 0.448 e. The first-order valence-electron chi connectivity index (χ1n) is 8.07. The second-order valence-corrected chi connectivity index (χ2v) is 10.00. The number of carbonyl (C=O) groups is 1. The van der Waals surface area contributed by atoms with Gasteiger partial charge in [-0.15, -0.1) is 11.8 Å². The van der Waals surface area contributed by atoms with E-state index in [2.05, 4.69) is 33.0 Å². The predicted molar refractivity (Wildman–Crippen MR) is 93.1 cm³/mol. The minimum Gasteiger partial charge on any atom is -0.504 e. The first kappa shape index (κ1) is 20.0. The lowest BCUT2D eigenvalue weighted by atomic mass is 10.1. The van der Waals surface area contributed by atoms with Crippen molar-refractivity contribution in [2.75, 3.05) is 5.75 Å². The van der Waals surface area contributed by atoms with Crippen molar-refractivity contribution in [3.63, 3.8) is 0 Å². The zero-order valence-electron chi connectivity index (χ0n) is 14.2. The van der Waals surface area contributed by atoms with Gasteiger partial charge in [0.15, 0.2) is 10.9 Å². The van der Waals surface area contributed by atoms with Gasteiger partial charge in [-0.3, -0.25) is 4.79 Å². The van der Waals surface area contributed by atoms with Crippen LogP contribution in [0.2, 0.25) is 0 Å². The number of hydrogen-bond donors (Lipinski definition) is 2. The minimum absolute atomic E-state index is 0.0356. The van der Waals surface area contributed by atoms with E-state index in [-0.39, 0.29) is 28.9 Å². The van der Waals surface area contributed by atoms with Crippen molar-refractivity contribution in [3.05, 3.63) is 11.3 Å². The summed E-state index contributed by atoms with van der Waals surface area (Å²) in [4.78, 5) is 11.3. The predicted octanol–water partition coefficient (Wildman–Crippen LogP) is 4.50. The minimum atomic E-state index is -4.66. The molecule has 0 aromatic heterocycles. The van der Waals surface area contributed by atoms with E-state index in [1.165, 1.54) is 23.5 Å². The molecule has 1 heterocycles. The van der Waals surface area contributed by atoms with Crippen LogP contribution in [-0.2, 0) is 4.79 Å². The molecule has 0 bridgehead atoms. The van der Waals surface area contributed by atoms with Gasteiger partial charge in [-0.25, -0.2) is 0 Å². The van der Waals surface area contributed by atoms with E-state index in [0.717, 1.165) is 0 Å². The first-order chi connectivity index (χ1) is 11.0. The Balaban J connectivity index is 0.000000256. The van der Waals surface area contributed by atoms with Crippen LogP contribution in [-0.4, -0.2) is 38.3 Å². The molecule has 3 atom stereocenters. The van der Waals surface area contributed by atoms with Crippen LogP contribution < -0.4 is 5.32 Å². The molecule has 8 heteroatoms. The maximum atomic E-state index is 12.5. The van der Waals surface area contributed by atoms with E-state index >= 15 is 0 Å². The van der Waals surface area contributed by atoms with E-state index in [4.69, 9.17) is 0 Å². The number of hydrogen-bond acceptors (Lipinski definition) is 5. The summed E-state index contributed by atoms with van der Waals surface area (Å²) < 4.78 is 36.9. The molecule has 24 heavy (non-hydrogen) atoms. The summed E-state index contributed by atoms with van der Waals surface area (Å²) >= 11 is 2.61. The van der Waals surface area contributed by atoms with Gasteiger partial charge in [0, 0.05) is 12.1 Å². The molecule has 0 amide bonds. The third kappa shape index (κ3) is 4.43. The summed E-state index contributed by atoms with van der Waals surface area (Å²) in [6.07, 6.45) is -3.80. The average Bonchev–Trinajstić information content (AvgIpc) is 3.05. The molecule has 2 saturated carbocycles. The van der Waals surface area contributed by atoms with Crippen LogP contribution in [0.15, 0.2) is 11.3 Å². The fourth-order valence-electron chi connectivity index (χ4n) is 3.40. The highest BCUT2D eigenvalue weighted by Crippen LogP contribution is 2.72. The van der Waals surface area contributed by atoms with Crippen LogP contribution in [0.5, 0.6) is 0 Å². The molecule has 2 aliphatic carbocycles. The normalized spacial score (nSPS) is 33.8. The van der Waals surface area contributed by atoms with Gasteiger partial charge in [0.25, 0.3) is 0 Å². The lowest BCUT2D eigenvalue weighted by Crippen LogP contribution is -2.29. The summed E-state index contributed by atoms with van der Waals surface area (Å²) in [6.45, 7) is 8.61. The van der Waals surface area contributed by atoms with E-state index in [0.29, 0.717) is 24.3 Å². The van der Waals surface area contributed by atoms with Crippen LogP contribution in [0.25, 0.3) is 0 Å². The third-order valence-electron chi connectivity index (χ3n) is 4.20. The van der Waals surface area contributed by atoms with Gasteiger partial charge in [-0.1, -0.05) is 39.5 Å². The highest BCUT2D eigenvalue weighted by molar-refractivity contribution is 8.30. The quantitative estimate of drug-likeness (QED) is 0.688. The molecule has 0 aromatic carbocycles. The Bertz CT molecular complexity index is 528. The van der Waals surface area contributed by atoms with Crippen molar-refractivity contribution in [2.45, 2.75) is 62.9 Å². The van der Waals surface area contributed by atoms with Gasteiger partial charge >= 0.3 is 6.18 Å². The Morgan fingerprint density at radius 2 is 1.88 bits per heavy atom. The molecular weight excluding hydrogens is 359 g/mol. The smallest absolute Gasteiger partial charge is 0.448 e. The Morgan fingerprint density at radius 3 is 2.25 bits per heavy atom. The Labute approximate surface area is 149 Å². The lowest BCUT2D eigenvalue weighted by Gasteiger charge is -2.22. The zero-order chi connectivity index (χ0) is 18.3. The van der Waals surface area contributed by atoms with E-state index in [1.54, 1.807) is 0 Å². The Morgan fingerprint density at radius 1 is 1.29 bits per heavy atom. The summed E-state index contributed by atoms with van der Waals surface area (Å²) in [5.41, 5.74) is 0.109. The van der Waals surface area contributed by atoms with Gasteiger partial charge in [0.1, 0.15) is 0 Å². The van der Waals surface area contributed by atoms with Crippen molar-refractivity contribution in [1.82, 2.24) is 5.32 Å². The molecule has 1 spiro atoms. The number of aliphatic hydroxyl groups excluding tert-OH is 1. The van der Waals surface area contributed by atoms with E-state index in [9.17, 15) is 23.1 Å². The number of halogens is 3. The van der Waals surface area contributed by atoms with Crippen LogP contribution in [0, 0.1) is 11.8 Å². The SMILES string of the molecule is CC(C)NC(C)C.O=C1CSC2(C/C(=C(/O)C(F)(F)F)C3CC32)S1. The van der Waals surface area contributed by atoms with Crippen LogP contribution in [0.4, 0.5) is 13.2 Å². The third-order valence-corrected chi connectivity index (χ3v) is 7.49. The second-order valence-electron chi connectivity index (χ2n) is 7.05. The number of nitrogens with one attached hydrogen (secondary N) is 1. The van der Waals surface area contributed by atoms with Gasteiger partial charge < -0.3 is 10.4 Å². The Hall–Kier alpha value is -0.340. The highest BCUT2D eigenvalue weighted by Gasteiger charge is 2.65.